The summed E-state index contributed by atoms with van der Waals surface area (Å²) in [6.07, 6.45) is 5.21. The summed E-state index contributed by atoms with van der Waals surface area (Å²) in [5.74, 6) is 0. The Hall–Kier alpha value is -0.170. The van der Waals surface area contributed by atoms with Crippen LogP contribution in [0.4, 0.5) is 0 Å². The van der Waals surface area contributed by atoms with Crippen molar-refractivity contribution in [2.45, 2.75) is 44.2 Å². The summed E-state index contributed by atoms with van der Waals surface area (Å²) < 4.78 is 28.0. The van der Waals surface area contributed by atoms with Gasteiger partial charge >= 0.3 is 0 Å². The average molecular weight is 233 g/mol. The van der Waals surface area contributed by atoms with E-state index in [1.807, 2.05) is 0 Å². The van der Waals surface area contributed by atoms with Crippen molar-refractivity contribution in [2.75, 3.05) is 13.1 Å². The monoisotopic (exact) mass is 233 g/mol. The Kier molecular flexibility index (Phi) is 3.60. The molecule has 1 heterocycles. The lowest BCUT2D eigenvalue weighted by molar-refractivity contribution is 0.533. The highest BCUT2D eigenvalue weighted by molar-refractivity contribution is 7.87. The largest absolute Gasteiger partial charge is 0.314 e. The molecule has 0 radical (unpaired) electrons. The van der Waals surface area contributed by atoms with Crippen LogP contribution in [-0.4, -0.2) is 33.6 Å². The first-order valence-corrected chi connectivity index (χ1v) is 7.14. The maximum atomic E-state index is 11.4. The van der Waals surface area contributed by atoms with Crippen molar-refractivity contribution in [1.82, 2.24) is 14.8 Å². The van der Waals surface area contributed by atoms with Gasteiger partial charge in [-0.3, -0.25) is 0 Å². The van der Waals surface area contributed by atoms with Crippen LogP contribution in [0.25, 0.3) is 0 Å². The lowest BCUT2D eigenvalue weighted by atomic mass is 10.2. The maximum Gasteiger partial charge on any atom is 0.277 e. The molecule has 88 valence electrons. The zero-order chi connectivity index (χ0) is 10.7. The minimum Gasteiger partial charge on any atom is -0.314 e. The van der Waals surface area contributed by atoms with Crippen molar-refractivity contribution in [1.29, 1.82) is 0 Å². The van der Waals surface area contributed by atoms with Crippen LogP contribution in [0.1, 0.15) is 32.1 Å². The Labute approximate surface area is 91.2 Å². The minimum absolute atomic E-state index is 0.187. The fraction of sp³-hybridized carbons (Fsp3) is 1.00. The third-order valence-electron chi connectivity index (χ3n) is 2.85. The van der Waals surface area contributed by atoms with Gasteiger partial charge in [0.25, 0.3) is 10.2 Å². The molecule has 2 fully saturated rings. The molecule has 0 bridgehead atoms. The molecular weight excluding hydrogens is 214 g/mol. The number of hydrogen-bond donors (Lipinski definition) is 3. The molecule has 0 aromatic carbocycles. The molecule has 1 saturated carbocycles. The highest BCUT2D eigenvalue weighted by atomic mass is 32.2. The predicted molar refractivity (Wildman–Crippen MR) is 58.7 cm³/mol. The Morgan fingerprint density at radius 2 is 2.07 bits per heavy atom. The van der Waals surface area contributed by atoms with Gasteiger partial charge in [-0.25, -0.2) is 4.72 Å². The molecule has 0 spiro atoms. The maximum absolute atomic E-state index is 11.4. The van der Waals surface area contributed by atoms with Crippen molar-refractivity contribution in [3.05, 3.63) is 0 Å². The second kappa shape index (κ2) is 4.78. The molecule has 0 aromatic heterocycles. The van der Waals surface area contributed by atoms with Gasteiger partial charge in [-0.05, 0) is 38.6 Å². The highest BCUT2D eigenvalue weighted by Gasteiger charge is 2.26. The Morgan fingerprint density at radius 3 is 2.67 bits per heavy atom. The molecule has 3 N–H and O–H groups in total. The second-order valence-corrected chi connectivity index (χ2v) is 5.90. The van der Waals surface area contributed by atoms with Crippen LogP contribution >= 0.6 is 0 Å². The molecule has 15 heavy (non-hydrogen) atoms. The number of rotatable bonds is 6. The van der Waals surface area contributed by atoms with Crippen LogP contribution in [0.15, 0.2) is 0 Å². The molecule has 1 aliphatic heterocycles. The quantitative estimate of drug-likeness (QED) is 0.591. The second-order valence-electron chi connectivity index (χ2n) is 4.37. The van der Waals surface area contributed by atoms with Crippen LogP contribution in [0.5, 0.6) is 0 Å². The summed E-state index contributed by atoms with van der Waals surface area (Å²) in [5, 5.41) is 3.34. The van der Waals surface area contributed by atoms with Gasteiger partial charge in [0.15, 0.2) is 0 Å². The first-order valence-electron chi connectivity index (χ1n) is 5.66. The highest BCUT2D eigenvalue weighted by Crippen LogP contribution is 2.19. The third kappa shape index (κ3) is 4.06. The summed E-state index contributed by atoms with van der Waals surface area (Å²) in [6, 6.07) is 0.681. The van der Waals surface area contributed by atoms with Crippen molar-refractivity contribution in [2.24, 2.45) is 0 Å². The first-order chi connectivity index (χ1) is 7.16. The van der Waals surface area contributed by atoms with Gasteiger partial charge in [0.1, 0.15) is 0 Å². The summed E-state index contributed by atoms with van der Waals surface area (Å²) in [7, 11) is -3.24. The van der Waals surface area contributed by atoms with Crippen LogP contribution in [0.2, 0.25) is 0 Å². The number of nitrogens with one attached hydrogen (secondary N) is 3. The van der Waals surface area contributed by atoms with E-state index in [0.717, 1.165) is 32.2 Å². The first kappa shape index (κ1) is 11.3. The smallest absolute Gasteiger partial charge is 0.277 e. The summed E-state index contributed by atoms with van der Waals surface area (Å²) in [4.78, 5) is 0. The summed E-state index contributed by atoms with van der Waals surface area (Å²) >= 11 is 0. The van der Waals surface area contributed by atoms with E-state index in [2.05, 4.69) is 14.8 Å². The molecule has 1 saturated heterocycles. The summed E-state index contributed by atoms with van der Waals surface area (Å²) in [6.45, 7) is 1.59. The molecule has 1 aliphatic carbocycles. The Bertz CT molecular complexity index is 294. The lowest BCUT2D eigenvalue weighted by Gasteiger charge is -2.11. The van der Waals surface area contributed by atoms with Gasteiger partial charge in [0.2, 0.25) is 0 Å². The van der Waals surface area contributed by atoms with Crippen molar-refractivity contribution in [3.63, 3.8) is 0 Å². The topological polar surface area (TPSA) is 70.2 Å². The fourth-order valence-electron chi connectivity index (χ4n) is 1.83. The standard InChI is InChI=1S/C9H19N3O2S/c13-15(14,12-9-3-4-9)11-7-5-8-2-1-6-10-8/h8-12H,1-7H2. The SMILES string of the molecule is O=S(=O)(NCCC1CCCN1)NC1CC1. The van der Waals surface area contributed by atoms with E-state index in [4.69, 9.17) is 0 Å². The van der Waals surface area contributed by atoms with Crippen molar-refractivity contribution >= 4 is 10.2 Å². The molecule has 0 aromatic rings. The van der Waals surface area contributed by atoms with Gasteiger partial charge in [-0.15, -0.1) is 0 Å². The zero-order valence-corrected chi connectivity index (χ0v) is 9.65. The van der Waals surface area contributed by atoms with E-state index in [1.54, 1.807) is 0 Å². The fourth-order valence-corrected chi connectivity index (χ4v) is 2.98. The van der Waals surface area contributed by atoms with Crippen LogP contribution < -0.4 is 14.8 Å². The molecule has 2 rings (SSSR count). The number of hydrogen-bond acceptors (Lipinski definition) is 3. The Balaban J connectivity index is 1.63. The normalized spacial score (nSPS) is 27.1. The molecule has 6 heteroatoms. The molecular formula is C9H19N3O2S. The van der Waals surface area contributed by atoms with Crippen LogP contribution in [-0.2, 0) is 10.2 Å². The zero-order valence-electron chi connectivity index (χ0n) is 8.83. The molecule has 1 unspecified atom stereocenters. The van der Waals surface area contributed by atoms with Gasteiger partial charge in [-0.2, -0.15) is 13.1 Å². The average Bonchev–Trinajstić information content (AvgIpc) is 2.81. The van der Waals surface area contributed by atoms with E-state index in [0.29, 0.717) is 12.6 Å². The van der Waals surface area contributed by atoms with E-state index in [-0.39, 0.29) is 6.04 Å². The van der Waals surface area contributed by atoms with E-state index in [1.165, 1.54) is 6.42 Å². The van der Waals surface area contributed by atoms with Gasteiger partial charge in [-0.1, -0.05) is 0 Å². The van der Waals surface area contributed by atoms with E-state index < -0.39 is 10.2 Å². The van der Waals surface area contributed by atoms with Crippen molar-refractivity contribution < 1.29 is 8.42 Å². The van der Waals surface area contributed by atoms with Crippen LogP contribution in [0, 0.1) is 0 Å². The van der Waals surface area contributed by atoms with Gasteiger partial charge in [0.05, 0.1) is 0 Å². The Morgan fingerprint density at radius 1 is 1.27 bits per heavy atom. The van der Waals surface area contributed by atoms with Crippen LogP contribution in [0.3, 0.4) is 0 Å². The lowest BCUT2D eigenvalue weighted by Crippen LogP contribution is -2.39. The minimum atomic E-state index is -3.24. The molecule has 1 atom stereocenters. The summed E-state index contributed by atoms with van der Waals surface area (Å²) in [5.41, 5.74) is 0. The van der Waals surface area contributed by atoms with Gasteiger partial charge in [0, 0.05) is 18.6 Å². The van der Waals surface area contributed by atoms with Gasteiger partial charge < -0.3 is 5.32 Å². The van der Waals surface area contributed by atoms with E-state index >= 15 is 0 Å². The van der Waals surface area contributed by atoms with Crippen molar-refractivity contribution in [3.8, 4) is 0 Å². The third-order valence-corrected chi connectivity index (χ3v) is 4.07. The van der Waals surface area contributed by atoms with E-state index in [9.17, 15) is 8.42 Å². The predicted octanol–water partition coefficient (Wildman–Crippen LogP) is -0.285. The molecule has 5 nitrogen and oxygen atoms in total. The molecule has 2 aliphatic rings. The molecule has 0 amide bonds.